The van der Waals surface area contributed by atoms with Crippen molar-refractivity contribution >= 4 is 17.6 Å². The topological polar surface area (TPSA) is 62.5 Å². The Bertz CT molecular complexity index is 1250. The second-order valence-electron chi connectivity index (χ2n) is 11.2. The average Bonchev–Trinajstić information content (AvgIpc) is 3.36. The summed E-state index contributed by atoms with van der Waals surface area (Å²) < 4.78 is 46.8. The lowest BCUT2D eigenvalue weighted by molar-refractivity contribution is -0.141. The van der Waals surface area contributed by atoms with Crippen molar-refractivity contribution in [2.75, 3.05) is 36.0 Å². The molecule has 0 spiro atoms. The van der Waals surface area contributed by atoms with Gasteiger partial charge in [-0.3, -0.25) is 4.79 Å². The number of carbonyl (C=O) groups is 1. The lowest BCUT2D eigenvalue weighted by atomic mass is 9.84. The lowest BCUT2D eigenvalue weighted by Gasteiger charge is -2.37. The Morgan fingerprint density at radius 1 is 1.05 bits per heavy atom. The van der Waals surface area contributed by atoms with Crippen LogP contribution in [-0.4, -0.2) is 41.9 Å². The molecule has 2 saturated heterocycles. The fourth-order valence-corrected chi connectivity index (χ4v) is 5.55. The molecule has 6 nitrogen and oxygen atoms in total. The molecule has 0 aliphatic carbocycles. The predicted octanol–water partition coefficient (Wildman–Crippen LogP) is 6.52. The molecule has 0 bridgehead atoms. The number of hydrogen-bond donors (Lipinski definition) is 0. The first kappa shape index (κ1) is 26.3. The van der Waals surface area contributed by atoms with Crippen molar-refractivity contribution in [3.05, 3.63) is 71.2 Å². The molecule has 2 aliphatic rings. The van der Waals surface area contributed by atoms with Crippen LogP contribution in [0.4, 0.5) is 25.0 Å². The Morgan fingerprint density at radius 3 is 2.42 bits per heavy atom. The minimum absolute atomic E-state index is 0.0699. The molecule has 2 fully saturated rings. The molecule has 38 heavy (non-hydrogen) atoms. The summed E-state index contributed by atoms with van der Waals surface area (Å²) in [6.07, 6.45) is 0.368. The third-order valence-corrected chi connectivity index (χ3v) is 7.57. The summed E-state index contributed by atoms with van der Waals surface area (Å²) in [4.78, 5) is 25.1. The summed E-state index contributed by atoms with van der Waals surface area (Å²) in [6.45, 7) is 6.92. The molecule has 3 aromatic rings. The minimum atomic E-state index is -4.79. The first-order chi connectivity index (χ1) is 18.1. The largest absolute Gasteiger partial charge is 0.437 e. The maximum atomic E-state index is 13.8. The molecule has 2 aromatic heterocycles. The van der Waals surface area contributed by atoms with Crippen LogP contribution in [0.1, 0.15) is 72.8 Å². The standard InChI is InChI=1S/C29H33F3N4O2/c1-28(2)13-6-14-36(19-28)27-34-26(29(30,31)32)25(38-27)23(37)17-20-9-10-24(33-18-20)35-15-11-22(12-16-35)21-7-4-3-5-8-21/h3-5,7-10,18,22H,6,11-17,19H2,1-2H3. The highest BCUT2D eigenvalue weighted by atomic mass is 19.4. The van der Waals surface area contributed by atoms with Gasteiger partial charge in [0.05, 0.1) is 0 Å². The highest BCUT2D eigenvalue weighted by Crippen LogP contribution is 2.37. The van der Waals surface area contributed by atoms with Gasteiger partial charge in [-0.1, -0.05) is 50.2 Å². The van der Waals surface area contributed by atoms with E-state index in [1.54, 1.807) is 17.2 Å². The van der Waals surface area contributed by atoms with Crippen LogP contribution < -0.4 is 9.80 Å². The third-order valence-electron chi connectivity index (χ3n) is 7.57. The van der Waals surface area contributed by atoms with Gasteiger partial charge < -0.3 is 14.2 Å². The quantitative estimate of drug-likeness (QED) is 0.341. The Morgan fingerprint density at radius 2 is 1.79 bits per heavy atom. The zero-order chi connectivity index (χ0) is 26.9. The van der Waals surface area contributed by atoms with Crippen molar-refractivity contribution in [2.45, 2.75) is 58.0 Å². The van der Waals surface area contributed by atoms with Crippen LogP contribution >= 0.6 is 0 Å². The second kappa shape index (κ2) is 10.4. The molecule has 5 rings (SSSR count). The first-order valence-corrected chi connectivity index (χ1v) is 13.2. The normalized spacial score (nSPS) is 18.6. The van der Waals surface area contributed by atoms with E-state index >= 15 is 0 Å². The highest BCUT2D eigenvalue weighted by molar-refractivity contribution is 5.96. The first-order valence-electron chi connectivity index (χ1n) is 13.2. The molecule has 2 aliphatic heterocycles. The maximum Gasteiger partial charge on any atom is 0.437 e. The van der Waals surface area contributed by atoms with E-state index < -0.39 is 23.4 Å². The number of rotatable bonds is 6. The Balaban J connectivity index is 1.25. The zero-order valence-corrected chi connectivity index (χ0v) is 21.8. The number of alkyl halides is 3. The highest BCUT2D eigenvalue weighted by Gasteiger charge is 2.42. The van der Waals surface area contributed by atoms with E-state index in [2.05, 4.69) is 53.0 Å². The van der Waals surface area contributed by atoms with Crippen LogP contribution in [0.5, 0.6) is 0 Å². The molecule has 0 amide bonds. The summed E-state index contributed by atoms with van der Waals surface area (Å²) in [5.41, 5.74) is 0.557. The fraction of sp³-hybridized carbons (Fsp3) is 0.483. The van der Waals surface area contributed by atoms with Crippen molar-refractivity contribution in [1.82, 2.24) is 9.97 Å². The number of carbonyl (C=O) groups excluding carboxylic acids is 1. The number of Topliss-reactive ketones (excluding diaryl/α,β-unsaturated/α-hetero) is 1. The van der Waals surface area contributed by atoms with E-state index in [1.165, 1.54) is 5.56 Å². The van der Waals surface area contributed by atoms with Gasteiger partial charge in [-0.05, 0) is 54.2 Å². The zero-order valence-electron chi connectivity index (χ0n) is 21.8. The second-order valence-corrected chi connectivity index (χ2v) is 11.2. The number of pyridine rings is 1. The molecule has 202 valence electrons. The van der Waals surface area contributed by atoms with E-state index in [9.17, 15) is 18.0 Å². The number of benzene rings is 1. The number of halogens is 3. The maximum absolute atomic E-state index is 13.8. The van der Waals surface area contributed by atoms with Gasteiger partial charge >= 0.3 is 6.18 Å². The number of oxazole rings is 1. The van der Waals surface area contributed by atoms with E-state index in [0.29, 0.717) is 24.6 Å². The van der Waals surface area contributed by atoms with Crippen LogP contribution in [0.2, 0.25) is 0 Å². The van der Waals surface area contributed by atoms with Crippen LogP contribution in [0, 0.1) is 5.41 Å². The third kappa shape index (κ3) is 5.87. The van der Waals surface area contributed by atoms with Gasteiger partial charge in [-0.15, -0.1) is 0 Å². The van der Waals surface area contributed by atoms with Crippen molar-refractivity contribution < 1.29 is 22.4 Å². The van der Waals surface area contributed by atoms with Gasteiger partial charge in [-0.2, -0.15) is 18.2 Å². The van der Waals surface area contributed by atoms with Crippen LogP contribution in [-0.2, 0) is 12.6 Å². The van der Waals surface area contributed by atoms with E-state index in [-0.39, 0.29) is 17.9 Å². The number of aromatic nitrogens is 2. The van der Waals surface area contributed by atoms with Gasteiger partial charge in [0.2, 0.25) is 11.5 Å². The summed E-state index contributed by atoms with van der Waals surface area (Å²) in [6, 6.07) is 13.9. The fourth-order valence-electron chi connectivity index (χ4n) is 5.55. The number of anilines is 2. The molecule has 0 atom stereocenters. The molecule has 0 N–H and O–H groups in total. The van der Waals surface area contributed by atoms with Gasteiger partial charge in [0, 0.05) is 38.8 Å². The number of nitrogens with zero attached hydrogens (tertiary/aromatic N) is 4. The van der Waals surface area contributed by atoms with Gasteiger partial charge in [0.25, 0.3) is 6.01 Å². The monoisotopic (exact) mass is 526 g/mol. The lowest BCUT2D eigenvalue weighted by Crippen LogP contribution is -2.40. The molecule has 0 saturated carbocycles. The Labute approximate surface area is 220 Å². The van der Waals surface area contributed by atoms with Gasteiger partial charge in [-0.25, -0.2) is 4.98 Å². The van der Waals surface area contributed by atoms with Gasteiger partial charge in [0.1, 0.15) is 5.82 Å². The van der Waals surface area contributed by atoms with Crippen molar-refractivity contribution in [3.8, 4) is 0 Å². The van der Waals surface area contributed by atoms with Gasteiger partial charge in [0.15, 0.2) is 5.69 Å². The number of hydrogen-bond acceptors (Lipinski definition) is 6. The molecule has 0 unspecified atom stereocenters. The van der Waals surface area contributed by atoms with Crippen LogP contribution in [0.15, 0.2) is 53.1 Å². The minimum Gasteiger partial charge on any atom is -0.420 e. The van der Waals surface area contributed by atoms with E-state index in [4.69, 9.17) is 4.42 Å². The van der Waals surface area contributed by atoms with E-state index in [1.807, 2.05) is 12.1 Å². The summed E-state index contributed by atoms with van der Waals surface area (Å²) in [5.74, 6) is -0.165. The van der Waals surface area contributed by atoms with E-state index in [0.717, 1.165) is 44.6 Å². The Kier molecular flexibility index (Phi) is 7.20. The molecule has 0 radical (unpaired) electrons. The molecule has 1 aromatic carbocycles. The molecular weight excluding hydrogens is 493 g/mol. The van der Waals surface area contributed by atoms with Crippen molar-refractivity contribution in [3.63, 3.8) is 0 Å². The smallest absolute Gasteiger partial charge is 0.420 e. The molecule has 4 heterocycles. The summed E-state index contributed by atoms with van der Waals surface area (Å²) >= 11 is 0. The summed E-state index contributed by atoms with van der Waals surface area (Å²) in [5, 5.41) is 0. The average molecular weight is 527 g/mol. The van der Waals surface area contributed by atoms with Crippen LogP contribution in [0.3, 0.4) is 0 Å². The van der Waals surface area contributed by atoms with Crippen LogP contribution in [0.25, 0.3) is 0 Å². The molecular formula is C29H33F3N4O2. The number of piperidine rings is 2. The summed E-state index contributed by atoms with van der Waals surface area (Å²) in [7, 11) is 0. The SMILES string of the molecule is CC1(C)CCCN(c2nc(C(F)(F)F)c(C(=O)Cc3ccc(N4CCC(c5ccccc5)CC4)nc3)o2)C1. The van der Waals surface area contributed by atoms with Crippen molar-refractivity contribution in [1.29, 1.82) is 0 Å². The van der Waals surface area contributed by atoms with Crippen molar-refractivity contribution in [2.24, 2.45) is 5.41 Å². The molecule has 9 heteroatoms. The predicted molar refractivity (Wildman–Crippen MR) is 140 cm³/mol. The Hall–Kier alpha value is -3.36. The number of ketones is 1.